The fourth-order valence-corrected chi connectivity index (χ4v) is 5.93. The maximum atomic E-state index is 15.1. The van der Waals surface area contributed by atoms with Crippen molar-refractivity contribution in [3.63, 3.8) is 0 Å². The maximum Gasteiger partial charge on any atom is 0.409 e. The SMILES string of the molecule is CN1CCN(C(=O)OCCN/N=C(\C=N)c2cc(F)c(OCc3nnc(S[C@H]4C=CCCC4)n3-c3cccnc3)cc2F)CC1. The summed E-state index contributed by atoms with van der Waals surface area (Å²) in [7, 11) is 1.99. The number of halogens is 2. The van der Waals surface area contributed by atoms with Gasteiger partial charge in [0.05, 0.1) is 18.4 Å². The molecule has 0 spiro atoms. The molecule has 1 aromatic carbocycles. The fraction of sp³-hybridized carbons (Fsp3) is 0.400. The van der Waals surface area contributed by atoms with Crippen molar-refractivity contribution in [2.45, 2.75) is 36.3 Å². The molecule has 0 radical (unpaired) electrons. The average molecular weight is 640 g/mol. The summed E-state index contributed by atoms with van der Waals surface area (Å²) in [6.45, 7) is 2.69. The molecule has 1 aliphatic heterocycles. The molecule has 3 heterocycles. The number of aromatic nitrogens is 4. The molecule has 45 heavy (non-hydrogen) atoms. The molecule has 0 bridgehead atoms. The Hall–Kier alpha value is -4.37. The second kappa shape index (κ2) is 15.6. The van der Waals surface area contributed by atoms with Crippen LogP contribution in [0.5, 0.6) is 5.75 Å². The Morgan fingerprint density at radius 2 is 2.07 bits per heavy atom. The normalized spacial score (nSPS) is 17.3. The molecular formula is C30H35F2N9O3S. The molecule has 0 saturated carbocycles. The van der Waals surface area contributed by atoms with E-state index in [1.165, 1.54) is 0 Å². The van der Waals surface area contributed by atoms with Gasteiger partial charge in [0, 0.05) is 55.5 Å². The van der Waals surface area contributed by atoms with Crippen molar-refractivity contribution >= 4 is 29.8 Å². The van der Waals surface area contributed by atoms with Crippen LogP contribution in [-0.4, -0.2) is 99.2 Å². The highest BCUT2D eigenvalue weighted by molar-refractivity contribution is 7.99. The molecule has 1 saturated heterocycles. The van der Waals surface area contributed by atoms with E-state index in [9.17, 15) is 4.79 Å². The lowest BCUT2D eigenvalue weighted by Gasteiger charge is -2.31. The minimum absolute atomic E-state index is 0.0187. The number of benzene rings is 1. The number of rotatable bonds is 12. The predicted octanol–water partition coefficient (Wildman–Crippen LogP) is 4.05. The number of pyridine rings is 1. The molecule has 2 aromatic heterocycles. The summed E-state index contributed by atoms with van der Waals surface area (Å²) in [6, 6.07) is 5.49. The summed E-state index contributed by atoms with van der Waals surface area (Å²) in [4.78, 5) is 20.1. The van der Waals surface area contributed by atoms with E-state index in [1.807, 2.05) is 13.1 Å². The van der Waals surface area contributed by atoms with Crippen LogP contribution in [0, 0.1) is 17.0 Å². The fourth-order valence-electron chi connectivity index (χ4n) is 4.78. The van der Waals surface area contributed by atoms with E-state index in [1.54, 1.807) is 39.7 Å². The van der Waals surface area contributed by atoms with E-state index < -0.39 is 17.7 Å². The number of carbonyl (C=O) groups excluding carboxylic acids is 1. The van der Waals surface area contributed by atoms with Crippen LogP contribution in [0.15, 0.2) is 59.1 Å². The molecule has 2 N–H and O–H groups in total. The Balaban J connectivity index is 1.21. The third kappa shape index (κ3) is 8.42. The molecule has 1 aliphatic carbocycles. The largest absolute Gasteiger partial charge is 0.482 e. The first-order valence-corrected chi connectivity index (χ1v) is 15.5. The Bertz CT molecular complexity index is 1530. The average Bonchev–Trinajstić information content (AvgIpc) is 3.46. The summed E-state index contributed by atoms with van der Waals surface area (Å²) >= 11 is 1.58. The van der Waals surface area contributed by atoms with Crippen LogP contribution in [0.2, 0.25) is 0 Å². The maximum absolute atomic E-state index is 15.1. The smallest absolute Gasteiger partial charge is 0.409 e. The predicted molar refractivity (Wildman–Crippen MR) is 166 cm³/mol. The van der Waals surface area contributed by atoms with Crippen molar-refractivity contribution in [3.05, 3.63) is 71.8 Å². The first kappa shape index (κ1) is 32.0. The number of carbonyl (C=O) groups is 1. The first-order chi connectivity index (χ1) is 21.9. The highest BCUT2D eigenvalue weighted by Crippen LogP contribution is 2.31. The van der Waals surface area contributed by atoms with Crippen LogP contribution >= 0.6 is 11.8 Å². The molecule has 1 fully saturated rings. The third-order valence-electron chi connectivity index (χ3n) is 7.26. The summed E-state index contributed by atoms with van der Waals surface area (Å²) in [5, 5.41) is 21.2. The standard InChI is InChI=1S/C30H35F2N9O3S/c1-39-11-13-40(14-12-39)30(42)43-15-10-35-36-26(18-33)23-16-25(32)27(17-24(23)31)44-20-28-37-38-29(45-22-7-3-2-4-8-22)41(28)21-6-5-9-34-19-21/h3,5-7,9,16-19,22,33,35H,2,4,8,10-15,20H2,1H3/b33-18?,36-26+/t22-/m0/s1. The molecule has 0 unspecified atom stereocenters. The van der Waals surface area contributed by atoms with E-state index in [0.29, 0.717) is 24.1 Å². The molecule has 5 rings (SSSR count). The zero-order valence-corrected chi connectivity index (χ0v) is 25.7. The van der Waals surface area contributed by atoms with E-state index in [2.05, 4.69) is 42.8 Å². The van der Waals surface area contributed by atoms with Gasteiger partial charge in [-0.25, -0.2) is 13.6 Å². The van der Waals surface area contributed by atoms with Gasteiger partial charge in [-0.15, -0.1) is 10.2 Å². The van der Waals surface area contributed by atoms with Gasteiger partial charge in [-0.3, -0.25) is 9.55 Å². The van der Waals surface area contributed by atoms with Crippen molar-refractivity contribution in [1.82, 2.24) is 35.0 Å². The van der Waals surface area contributed by atoms with E-state index in [-0.39, 0.29) is 42.0 Å². The van der Waals surface area contributed by atoms with Gasteiger partial charge >= 0.3 is 6.09 Å². The van der Waals surface area contributed by atoms with Gasteiger partial charge in [0.2, 0.25) is 0 Å². The Kier molecular flexibility index (Phi) is 11.1. The molecule has 15 heteroatoms. The van der Waals surface area contributed by atoms with Crippen molar-refractivity contribution in [3.8, 4) is 11.4 Å². The number of likely N-dealkylation sites (N-methyl/N-ethyl adjacent to an activating group) is 1. The molecule has 238 valence electrons. The number of hydrogen-bond acceptors (Lipinski definition) is 11. The number of hydrogen-bond donors (Lipinski definition) is 2. The zero-order valence-electron chi connectivity index (χ0n) is 24.9. The van der Waals surface area contributed by atoms with Gasteiger partial charge in [0.15, 0.2) is 22.5 Å². The van der Waals surface area contributed by atoms with E-state index in [0.717, 1.165) is 56.4 Å². The minimum Gasteiger partial charge on any atom is -0.482 e. The zero-order chi connectivity index (χ0) is 31.6. The number of allylic oxidation sites excluding steroid dienone is 1. The quantitative estimate of drug-likeness (QED) is 0.130. The summed E-state index contributed by atoms with van der Waals surface area (Å²) < 4.78 is 43.0. The summed E-state index contributed by atoms with van der Waals surface area (Å²) in [6.07, 6.45) is 11.2. The molecule has 3 aromatic rings. The van der Waals surface area contributed by atoms with Gasteiger partial charge in [0.1, 0.15) is 24.7 Å². The van der Waals surface area contributed by atoms with Crippen LogP contribution in [0.3, 0.4) is 0 Å². The minimum atomic E-state index is -0.837. The van der Waals surface area contributed by atoms with Crippen LogP contribution in [0.1, 0.15) is 30.7 Å². The number of piperazine rings is 1. The number of amides is 1. The number of thioether (sulfide) groups is 1. The van der Waals surface area contributed by atoms with Crippen LogP contribution in [-0.2, 0) is 11.3 Å². The number of hydrazone groups is 1. The molecular weight excluding hydrogens is 604 g/mol. The van der Waals surface area contributed by atoms with Crippen LogP contribution < -0.4 is 10.2 Å². The summed E-state index contributed by atoms with van der Waals surface area (Å²) in [5.41, 5.74) is 3.00. The van der Waals surface area contributed by atoms with Crippen molar-refractivity contribution in [2.75, 3.05) is 46.4 Å². The lowest BCUT2D eigenvalue weighted by Crippen LogP contribution is -2.47. The number of ether oxygens (including phenoxy) is 2. The van der Waals surface area contributed by atoms with E-state index >= 15 is 8.78 Å². The Morgan fingerprint density at radius 3 is 2.80 bits per heavy atom. The van der Waals surface area contributed by atoms with Crippen molar-refractivity contribution in [1.29, 1.82) is 5.41 Å². The lowest BCUT2D eigenvalue weighted by molar-refractivity contribution is 0.0825. The molecule has 2 aliphatic rings. The highest BCUT2D eigenvalue weighted by Gasteiger charge is 2.22. The van der Waals surface area contributed by atoms with Crippen molar-refractivity contribution in [2.24, 2.45) is 5.10 Å². The van der Waals surface area contributed by atoms with E-state index in [4.69, 9.17) is 14.9 Å². The van der Waals surface area contributed by atoms with Crippen LogP contribution in [0.25, 0.3) is 5.69 Å². The number of nitrogens with zero attached hydrogens (tertiary/aromatic N) is 7. The van der Waals surface area contributed by atoms with Crippen molar-refractivity contribution < 1.29 is 23.0 Å². The van der Waals surface area contributed by atoms with Gasteiger partial charge < -0.3 is 30.1 Å². The van der Waals surface area contributed by atoms with Gasteiger partial charge in [0.25, 0.3) is 0 Å². The molecule has 12 nitrogen and oxygen atoms in total. The third-order valence-corrected chi connectivity index (χ3v) is 8.43. The first-order valence-electron chi connectivity index (χ1n) is 14.6. The topological polar surface area (TPSA) is 134 Å². The van der Waals surface area contributed by atoms with Gasteiger partial charge in [-0.1, -0.05) is 23.9 Å². The van der Waals surface area contributed by atoms with Gasteiger partial charge in [-0.2, -0.15) is 5.10 Å². The lowest BCUT2D eigenvalue weighted by atomic mass is 10.1. The molecule has 1 atom stereocenters. The number of nitrogens with one attached hydrogen (secondary N) is 2. The molecule has 1 amide bonds. The van der Waals surface area contributed by atoms with Crippen LogP contribution in [0.4, 0.5) is 13.6 Å². The summed E-state index contributed by atoms with van der Waals surface area (Å²) in [5.74, 6) is -1.59. The Labute approximate surface area is 264 Å². The monoisotopic (exact) mass is 639 g/mol. The highest BCUT2D eigenvalue weighted by atomic mass is 32.2. The Morgan fingerprint density at radius 1 is 1.22 bits per heavy atom. The second-order valence-electron chi connectivity index (χ2n) is 10.5. The van der Waals surface area contributed by atoms with Gasteiger partial charge in [-0.05, 0) is 44.5 Å². The second-order valence-corrected chi connectivity index (χ2v) is 11.7.